The fraction of sp³-hybridized carbons (Fsp3) is 0.714. The zero-order valence-corrected chi connectivity index (χ0v) is 6.59. The van der Waals surface area contributed by atoms with Crippen molar-refractivity contribution in [3.8, 4) is 0 Å². The van der Waals surface area contributed by atoms with Gasteiger partial charge in [-0.3, -0.25) is 9.79 Å². The number of ether oxygens (including phenoxy) is 1. The van der Waals surface area contributed by atoms with Crippen LogP contribution in [0.5, 0.6) is 0 Å². The Morgan fingerprint density at radius 2 is 2.64 bits per heavy atom. The van der Waals surface area contributed by atoms with Crippen molar-refractivity contribution in [1.82, 2.24) is 5.32 Å². The minimum atomic E-state index is -0.0106. The van der Waals surface area contributed by atoms with E-state index in [9.17, 15) is 4.79 Å². The molecule has 4 heteroatoms. The average Bonchev–Trinajstić information content (AvgIpc) is 2.39. The minimum Gasteiger partial charge on any atom is -0.479 e. The van der Waals surface area contributed by atoms with Crippen molar-refractivity contribution >= 4 is 11.8 Å². The van der Waals surface area contributed by atoms with E-state index >= 15 is 0 Å². The quantitative estimate of drug-likeness (QED) is 0.622. The standard InChI is InChI=1S/C7H12N2O2/c1-6(10)8-3-2-7-9-4-5-11-7/h2-5H2,1H3,(H,8,10). The third-order valence-corrected chi connectivity index (χ3v) is 1.36. The number of nitrogens with zero attached hydrogens (tertiary/aromatic N) is 1. The van der Waals surface area contributed by atoms with E-state index in [-0.39, 0.29) is 5.91 Å². The molecular formula is C7H12N2O2. The molecule has 0 radical (unpaired) electrons. The lowest BCUT2D eigenvalue weighted by atomic mass is 10.4. The van der Waals surface area contributed by atoms with Gasteiger partial charge in [0.15, 0.2) is 5.90 Å². The monoisotopic (exact) mass is 156 g/mol. The Labute approximate surface area is 65.6 Å². The first kappa shape index (κ1) is 8.04. The molecule has 0 saturated heterocycles. The second kappa shape index (κ2) is 3.95. The molecule has 0 aromatic carbocycles. The SMILES string of the molecule is CC(=O)NCCC1=NCCO1. The van der Waals surface area contributed by atoms with Gasteiger partial charge in [0.1, 0.15) is 6.61 Å². The number of aliphatic imine (C=N–C) groups is 1. The van der Waals surface area contributed by atoms with Crippen molar-refractivity contribution in [3.05, 3.63) is 0 Å². The van der Waals surface area contributed by atoms with E-state index in [4.69, 9.17) is 4.74 Å². The van der Waals surface area contributed by atoms with Crippen LogP contribution in [0.15, 0.2) is 4.99 Å². The molecule has 0 aromatic rings. The first-order valence-electron chi connectivity index (χ1n) is 3.69. The van der Waals surface area contributed by atoms with Crippen molar-refractivity contribution < 1.29 is 9.53 Å². The van der Waals surface area contributed by atoms with Crippen LogP contribution < -0.4 is 5.32 Å². The third-order valence-electron chi connectivity index (χ3n) is 1.36. The molecule has 0 aliphatic carbocycles. The van der Waals surface area contributed by atoms with Gasteiger partial charge < -0.3 is 10.1 Å². The summed E-state index contributed by atoms with van der Waals surface area (Å²) >= 11 is 0. The van der Waals surface area contributed by atoms with Crippen LogP contribution in [-0.2, 0) is 9.53 Å². The number of rotatable bonds is 3. The molecule has 1 aliphatic heterocycles. The maximum absolute atomic E-state index is 10.4. The van der Waals surface area contributed by atoms with E-state index in [1.165, 1.54) is 6.92 Å². The topological polar surface area (TPSA) is 50.7 Å². The second-order valence-corrected chi connectivity index (χ2v) is 2.36. The molecule has 1 amide bonds. The lowest BCUT2D eigenvalue weighted by Gasteiger charge is -2.01. The summed E-state index contributed by atoms with van der Waals surface area (Å²) in [5, 5.41) is 2.67. The summed E-state index contributed by atoms with van der Waals surface area (Å²) in [6.07, 6.45) is 0.708. The fourth-order valence-electron chi connectivity index (χ4n) is 0.876. The predicted octanol–water partition coefficient (Wildman–Crippen LogP) is -0.0587. The molecule has 11 heavy (non-hydrogen) atoms. The number of amides is 1. The first-order chi connectivity index (χ1) is 5.29. The van der Waals surface area contributed by atoms with E-state index in [0.29, 0.717) is 19.6 Å². The molecule has 0 atom stereocenters. The van der Waals surface area contributed by atoms with Crippen LogP contribution in [0.4, 0.5) is 0 Å². The fourth-order valence-corrected chi connectivity index (χ4v) is 0.876. The third kappa shape index (κ3) is 3.02. The molecule has 0 bridgehead atoms. The van der Waals surface area contributed by atoms with Crippen molar-refractivity contribution in [3.63, 3.8) is 0 Å². The molecule has 1 heterocycles. The Balaban J connectivity index is 2.07. The van der Waals surface area contributed by atoms with Crippen molar-refractivity contribution in [2.24, 2.45) is 4.99 Å². The summed E-state index contributed by atoms with van der Waals surface area (Å²) < 4.78 is 5.13. The van der Waals surface area contributed by atoms with Crippen LogP contribution in [0, 0.1) is 0 Å². The highest BCUT2D eigenvalue weighted by atomic mass is 16.5. The van der Waals surface area contributed by atoms with Gasteiger partial charge in [-0.1, -0.05) is 0 Å². The molecule has 0 fully saturated rings. The van der Waals surface area contributed by atoms with Crippen molar-refractivity contribution in [2.75, 3.05) is 19.7 Å². The van der Waals surface area contributed by atoms with Gasteiger partial charge in [0.2, 0.25) is 5.91 Å². The van der Waals surface area contributed by atoms with Gasteiger partial charge >= 0.3 is 0 Å². The maximum Gasteiger partial charge on any atom is 0.216 e. The molecule has 0 unspecified atom stereocenters. The zero-order chi connectivity index (χ0) is 8.10. The summed E-state index contributed by atoms with van der Waals surface area (Å²) in [6, 6.07) is 0. The van der Waals surface area contributed by atoms with Gasteiger partial charge in [-0.2, -0.15) is 0 Å². The van der Waals surface area contributed by atoms with Crippen molar-refractivity contribution in [2.45, 2.75) is 13.3 Å². The van der Waals surface area contributed by atoms with Crippen LogP contribution in [-0.4, -0.2) is 31.5 Å². The summed E-state index contributed by atoms with van der Waals surface area (Å²) in [5.41, 5.74) is 0. The van der Waals surface area contributed by atoms with E-state index in [2.05, 4.69) is 10.3 Å². The molecule has 0 spiro atoms. The van der Waals surface area contributed by atoms with E-state index < -0.39 is 0 Å². The Bertz CT molecular complexity index is 177. The van der Waals surface area contributed by atoms with E-state index in [1.807, 2.05) is 0 Å². The molecule has 4 nitrogen and oxygen atoms in total. The summed E-state index contributed by atoms with van der Waals surface area (Å²) in [5.74, 6) is 0.752. The average molecular weight is 156 g/mol. The van der Waals surface area contributed by atoms with Gasteiger partial charge in [0, 0.05) is 19.9 Å². The number of carbonyl (C=O) groups excluding carboxylic acids is 1. The van der Waals surface area contributed by atoms with Crippen molar-refractivity contribution in [1.29, 1.82) is 0 Å². The van der Waals surface area contributed by atoms with Gasteiger partial charge in [0.05, 0.1) is 6.54 Å². The lowest BCUT2D eigenvalue weighted by molar-refractivity contribution is -0.118. The molecule has 0 saturated carbocycles. The van der Waals surface area contributed by atoms with Crippen LogP contribution in [0.1, 0.15) is 13.3 Å². The lowest BCUT2D eigenvalue weighted by Crippen LogP contribution is -2.23. The zero-order valence-electron chi connectivity index (χ0n) is 6.59. The van der Waals surface area contributed by atoms with Crippen LogP contribution in [0.2, 0.25) is 0 Å². The minimum absolute atomic E-state index is 0.0106. The molecule has 1 N–H and O–H groups in total. The molecule has 62 valence electrons. The van der Waals surface area contributed by atoms with E-state index in [0.717, 1.165) is 12.4 Å². The van der Waals surface area contributed by atoms with Gasteiger partial charge in [0.25, 0.3) is 0 Å². The number of hydrogen-bond acceptors (Lipinski definition) is 3. The van der Waals surface area contributed by atoms with Crippen LogP contribution in [0.25, 0.3) is 0 Å². The highest BCUT2D eigenvalue weighted by Gasteiger charge is 2.05. The molecular weight excluding hydrogens is 144 g/mol. The highest BCUT2D eigenvalue weighted by Crippen LogP contribution is 1.96. The Morgan fingerprint density at radius 1 is 1.82 bits per heavy atom. The first-order valence-corrected chi connectivity index (χ1v) is 3.69. The summed E-state index contributed by atoms with van der Waals surface area (Å²) in [4.78, 5) is 14.5. The summed E-state index contributed by atoms with van der Waals surface area (Å²) in [7, 11) is 0. The normalized spacial score (nSPS) is 15.5. The molecule has 0 aromatic heterocycles. The smallest absolute Gasteiger partial charge is 0.216 e. The maximum atomic E-state index is 10.4. The predicted molar refractivity (Wildman–Crippen MR) is 41.6 cm³/mol. The molecule has 1 rings (SSSR count). The molecule has 1 aliphatic rings. The number of hydrogen-bond donors (Lipinski definition) is 1. The van der Waals surface area contributed by atoms with Gasteiger partial charge in [-0.05, 0) is 0 Å². The van der Waals surface area contributed by atoms with Gasteiger partial charge in [-0.25, -0.2) is 0 Å². The van der Waals surface area contributed by atoms with Crippen LogP contribution >= 0.6 is 0 Å². The number of nitrogens with one attached hydrogen (secondary N) is 1. The Morgan fingerprint density at radius 3 is 3.18 bits per heavy atom. The number of carbonyl (C=O) groups is 1. The van der Waals surface area contributed by atoms with Gasteiger partial charge in [-0.15, -0.1) is 0 Å². The van der Waals surface area contributed by atoms with E-state index in [1.54, 1.807) is 0 Å². The van der Waals surface area contributed by atoms with Crippen LogP contribution in [0.3, 0.4) is 0 Å². The second-order valence-electron chi connectivity index (χ2n) is 2.36. The Kier molecular flexibility index (Phi) is 2.89. The Hall–Kier alpha value is -1.06. The summed E-state index contributed by atoms with van der Waals surface area (Å²) in [6.45, 7) is 3.57. The highest BCUT2D eigenvalue weighted by molar-refractivity contribution is 5.78. The largest absolute Gasteiger partial charge is 0.479 e.